The summed E-state index contributed by atoms with van der Waals surface area (Å²) in [5.41, 5.74) is 0. The summed E-state index contributed by atoms with van der Waals surface area (Å²) < 4.78 is 2.03. The van der Waals surface area contributed by atoms with Crippen LogP contribution in [-0.2, 0) is 13.1 Å². The van der Waals surface area contributed by atoms with E-state index in [2.05, 4.69) is 53.4 Å². The number of hydrogen-bond donors (Lipinski definition) is 2. The van der Waals surface area contributed by atoms with Crippen molar-refractivity contribution >= 4 is 29.9 Å². The van der Waals surface area contributed by atoms with E-state index in [0.29, 0.717) is 18.5 Å². The van der Waals surface area contributed by atoms with Crippen LogP contribution in [0.4, 0.5) is 0 Å². The minimum absolute atomic E-state index is 0. The first-order valence-electron chi connectivity index (χ1n) is 10.3. The fourth-order valence-electron chi connectivity index (χ4n) is 3.57. The molecule has 7 nitrogen and oxygen atoms in total. The Hall–Kier alpha value is -0.900. The molecule has 0 amide bonds. The summed E-state index contributed by atoms with van der Waals surface area (Å²) in [7, 11) is 0. The van der Waals surface area contributed by atoms with Crippen LogP contribution in [0.25, 0.3) is 0 Å². The summed E-state index contributed by atoms with van der Waals surface area (Å²) in [4.78, 5) is 7.38. The van der Waals surface area contributed by atoms with Gasteiger partial charge in [-0.1, -0.05) is 26.7 Å². The molecule has 1 aromatic rings. The number of rotatable bonds is 8. The van der Waals surface area contributed by atoms with Gasteiger partial charge in [0.2, 0.25) is 0 Å². The van der Waals surface area contributed by atoms with E-state index in [-0.39, 0.29) is 24.0 Å². The smallest absolute Gasteiger partial charge is 0.191 e. The molecule has 0 radical (unpaired) electrons. The van der Waals surface area contributed by atoms with Crippen LogP contribution in [0.1, 0.15) is 59.2 Å². The molecule has 1 atom stereocenters. The monoisotopic (exact) mass is 491 g/mol. The van der Waals surface area contributed by atoms with Gasteiger partial charge in [-0.3, -0.25) is 4.90 Å². The summed E-state index contributed by atoms with van der Waals surface area (Å²) in [5, 5.41) is 15.1. The van der Waals surface area contributed by atoms with Gasteiger partial charge in [-0.2, -0.15) is 0 Å². The lowest BCUT2D eigenvalue weighted by atomic mass is 10.0. The summed E-state index contributed by atoms with van der Waals surface area (Å²) in [6.07, 6.45) is 7.15. The van der Waals surface area contributed by atoms with E-state index in [0.717, 1.165) is 31.4 Å². The van der Waals surface area contributed by atoms with Crippen LogP contribution < -0.4 is 10.6 Å². The minimum Gasteiger partial charge on any atom is -0.357 e. The third kappa shape index (κ3) is 7.93. The molecule has 27 heavy (non-hydrogen) atoms. The molecule has 0 aromatic carbocycles. The van der Waals surface area contributed by atoms with Gasteiger partial charge in [0.05, 0.1) is 0 Å². The number of nitrogens with one attached hydrogen (secondary N) is 2. The van der Waals surface area contributed by atoms with Crippen molar-refractivity contribution in [2.45, 2.75) is 72.5 Å². The number of aromatic nitrogens is 3. The number of halogens is 1. The summed E-state index contributed by atoms with van der Waals surface area (Å²) in [6, 6.07) is 0.538. The Labute approximate surface area is 181 Å². The molecular formula is C19H38IN7. The quantitative estimate of drug-likeness (QED) is 0.333. The van der Waals surface area contributed by atoms with Crippen LogP contribution in [0, 0.1) is 5.92 Å². The summed E-state index contributed by atoms with van der Waals surface area (Å²) in [6.45, 7) is 14.5. The second kappa shape index (κ2) is 13.3. The predicted molar refractivity (Wildman–Crippen MR) is 123 cm³/mol. The van der Waals surface area contributed by atoms with Gasteiger partial charge >= 0.3 is 0 Å². The second-order valence-electron chi connectivity index (χ2n) is 7.37. The van der Waals surface area contributed by atoms with E-state index in [9.17, 15) is 0 Å². The summed E-state index contributed by atoms with van der Waals surface area (Å²) in [5.74, 6) is 2.38. The Kier molecular flexibility index (Phi) is 11.9. The number of nitrogens with zero attached hydrogens (tertiary/aromatic N) is 5. The highest BCUT2D eigenvalue weighted by Gasteiger charge is 2.22. The van der Waals surface area contributed by atoms with E-state index in [1.54, 1.807) is 6.33 Å². The van der Waals surface area contributed by atoms with Crippen LogP contribution in [-0.4, -0.2) is 57.8 Å². The van der Waals surface area contributed by atoms with Gasteiger partial charge in [0.15, 0.2) is 11.8 Å². The molecule has 0 bridgehead atoms. The normalized spacial score (nSPS) is 17.3. The maximum absolute atomic E-state index is 4.71. The third-order valence-electron chi connectivity index (χ3n) is 5.12. The Balaban J connectivity index is 0.00000364. The van der Waals surface area contributed by atoms with E-state index < -0.39 is 0 Å². The van der Waals surface area contributed by atoms with Gasteiger partial charge in [0, 0.05) is 25.7 Å². The fourth-order valence-corrected chi connectivity index (χ4v) is 3.57. The van der Waals surface area contributed by atoms with Crippen LogP contribution in [0.2, 0.25) is 0 Å². The zero-order chi connectivity index (χ0) is 18.8. The van der Waals surface area contributed by atoms with E-state index in [1.165, 1.54) is 38.8 Å². The molecule has 0 saturated carbocycles. The fraction of sp³-hybridized carbons (Fsp3) is 0.842. The van der Waals surface area contributed by atoms with Crippen molar-refractivity contribution in [3.05, 3.63) is 12.2 Å². The number of guanidine groups is 1. The van der Waals surface area contributed by atoms with Crippen molar-refractivity contribution in [1.29, 1.82) is 0 Å². The average Bonchev–Trinajstić information content (AvgIpc) is 2.92. The first kappa shape index (κ1) is 24.1. The molecule has 1 aromatic heterocycles. The lowest BCUT2D eigenvalue weighted by molar-refractivity contribution is 0.161. The maximum atomic E-state index is 4.71. The highest BCUT2D eigenvalue weighted by Crippen LogP contribution is 2.17. The zero-order valence-corrected chi connectivity index (χ0v) is 19.8. The van der Waals surface area contributed by atoms with Gasteiger partial charge in [-0.25, -0.2) is 4.99 Å². The predicted octanol–water partition coefficient (Wildman–Crippen LogP) is 2.87. The van der Waals surface area contributed by atoms with Crippen molar-refractivity contribution in [2.24, 2.45) is 10.9 Å². The molecule has 1 aliphatic heterocycles. The van der Waals surface area contributed by atoms with Crippen molar-refractivity contribution in [3.63, 3.8) is 0 Å². The number of aryl methyl sites for hydroxylation is 1. The molecule has 1 unspecified atom stereocenters. The Morgan fingerprint density at radius 1 is 1.15 bits per heavy atom. The van der Waals surface area contributed by atoms with Gasteiger partial charge in [-0.15, -0.1) is 34.2 Å². The Morgan fingerprint density at radius 2 is 1.85 bits per heavy atom. The van der Waals surface area contributed by atoms with Gasteiger partial charge in [0.1, 0.15) is 12.9 Å². The molecule has 1 saturated heterocycles. The van der Waals surface area contributed by atoms with E-state index in [4.69, 9.17) is 4.99 Å². The standard InChI is InChI=1S/C19H37N7.HI/c1-5-20-19(22-14-18-24-23-15-25(18)6-2)21-13-17(16(3)4)26-11-9-7-8-10-12-26;/h15-17H,5-14H2,1-4H3,(H2,20,21,22);1H. The molecule has 1 aliphatic rings. The van der Waals surface area contributed by atoms with Gasteiger partial charge in [-0.05, 0) is 45.7 Å². The lowest BCUT2D eigenvalue weighted by Crippen LogP contribution is -2.49. The van der Waals surface area contributed by atoms with Crippen LogP contribution in [0.5, 0.6) is 0 Å². The molecule has 0 aliphatic carbocycles. The first-order valence-corrected chi connectivity index (χ1v) is 10.3. The zero-order valence-electron chi connectivity index (χ0n) is 17.4. The van der Waals surface area contributed by atoms with Crippen molar-refractivity contribution < 1.29 is 0 Å². The molecule has 2 heterocycles. The first-order chi connectivity index (χ1) is 12.7. The third-order valence-corrected chi connectivity index (χ3v) is 5.12. The maximum Gasteiger partial charge on any atom is 0.191 e. The number of aliphatic imine (C=N–C) groups is 1. The molecule has 2 N–H and O–H groups in total. The Morgan fingerprint density at radius 3 is 2.44 bits per heavy atom. The highest BCUT2D eigenvalue weighted by atomic mass is 127. The van der Waals surface area contributed by atoms with Crippen molar-refractivity contribution in [1.82, 2.24) is 30.3 Å². The van der Waals surface area contributed by atoms with Crippen LogP contribution in [0.15, 0.2) is 11.3 Å². The molecule has 156 valence electrons. The van der Waals surface area contributed by atoms with Gasteiger partial charge < -0.3 is 15.2 Å². The molecule has 2 rings (SSSR count). The average molecular weight is 491 g/mol. The largest absolute Gasteiger partial charge is 0.357 e. The van der Waals surface area contributed by atoms with E-state index in [1.807, 2.05) is 4.57 Å². The second-order valence-corrected chi connectivity index (χ2v) is 7.37. The summed E-state index contributed by atoms with van der Waals surface area (Å²) >= 11 is 0. The van der Waals surface area contributed by atoms with Crippen molar-refractivity contribution in [3.8, 4) is 0 Å². The molecule has 8 heteroatoms. The molecule has 0 spiro atoms. The van der Waals surface area contributed by atoms with Crippen LogP contribution >= 0.6 is 24.0 Å². The topological polar surface area (TPSA) is 70.4 Å². The number of likely N-dealkylation sites (tertiary alicyclic amines) is 1. The SMILES string of the molecule is CCNC(=NCc1nncn1CC)NCC(C(C)C)N1CCCCCC1.I. The highest BCUT2D eigenvalue weighted by molar-refractivity contribution is 14.0. The molecular weight excluding hydrogens is 453 g/mol. The van der Waals surface area contributed by atoms with E-state index >= 15 is 0 Å². The Bertz CT molecular complexity index is 536. The van der Waals surface area contributed by atoms with Crippen LogP contribution in [0.3, 0.4) is 0 Å². The minimum atomic E-state index is 0. The lowest BCUT2D eigenvalue weighted by Gasteiger charge is -2.34. The number of hydrogen-bond acceptors (Lipinski definition) is 4. The van der Waals surface area contributed by atoms with Gasteiger partial charge in [0.25, 0.3) is 0 Å². The van der Waals surface area contributed by atoms with Crippen molar-refractivity contribution in [2.75, 3.05) is 26.2 Å². The molecule has 1 fully saturated rings.